The maximum absolute atomic E-state index is 10.4. The van der Waals surface area contributed by atoms with Gasteiger partial charge in [0.25, 0.3) is 0 Å². The number of aldehydes is 1. The lowest BCUT2D eigenvalue weighted by Gasteiger charge is -1.94. The summed E-state index contributed by atoms with van der Waals surface area (Å²) in [6, 6.07) is 3.42. The Labute approximate surface area is 74.2 Å². The van der Waals surface area contributed by atoms with Crippen molar-refractivity contribution in [2.45, 2.75) is 0 Å². The zero-order valence-corrected chi connectivity index (χ0v) is 6.68. The molecule has 64 valence electrons. The van der Waals surface area contributed by atoms with Gasteiger partial charge in [0, 0.05) is 29.6 Å². The predicted octanol–water partition coefficient (Wildman–Crippen LogP) is 1.55. The Morgan fingerprint density at radius 1 is 1.38 bits per heavy atom. The number of carbonyl (C=O) groups is 1. The molecular weight excluding hydrogens is 168 g/mol. The fourth-order valence-corrected chi connectivity index (χ4v) is 1.02. The second-order valence-electron chi connectivity index (χ2n) is 2.51. The zero-order chi connectivity index (χ0) is 9.10. The van der Waals surface area contributed by atoms with Gasteiger partial charge >= 0.3 is 0 Å². The molecule has 0 radical (unpaired) electrons. The van der Waals surface area contributed by atoms with Gasteiger partial charge in [0.15, 0.2) is 6.29 Å². The number of aromatic nitrogens is 2. The minimum Gasteiger partial charge on any atom is -0.364 e. The molecular formula is C9H6N2O2. The average Bonchev–Trinajstić information content (AvgIpc) is 2.71. The monoisotopic (exact) mass is 174 g/mol. The fourth-order valence-electron chi connectivity index (χ4n) is 1.02. The zero-order valence-electron chi connectivity index (χ0n) is 6.68. The molecule has 4 heteroatoms. The summed E-state index contributed by atoms with van der Waals surface area (Å²) in [4.78, 5) is 14.3. The number of nitrogens with zero attached hydrogens (tertiary/aromatic N) is 2. The molecule has 2 aromatic heterocycles. The van der Waals surface area contributed by atoms with E-state index in [1.54, 1.807) is 18.3 Å². The summed E-state index contributed by atoms with van der Waals surface area (Å²) in [6.45, 7) is 0. The standard InChI is InChI=1S/C9H6N2O2/c12-6-7-3-8(5-10-4-7)9-1-2-13-11-9/h1-6H. The summed E-state index contributed by atoms with van der Waals surface area (Å²) in [7, 11) is 0. The van der Waals surface area contributed by atoms with E-state index in [0.717, 1.165) is 11.8 Å². The van der Waals surface area contributed by atoms with Gasteiger partial charge in [-0.25, -0.2) is 0 Å². The van der Waals surface area contributed by atoms with Gasteiger partial charge in [-0.15, -0.1) is 0 Å². The topological polar surface area (TPSA) is 56.0 Å². The molecule has 0 saturated heterocycles. The smallest absolute Gasteiger partial charge is 0.151 e. The van der Waals surface area contributed by atoms with Crippen molar-refractivity contribution in [1.82, 2.24) is 10.1 Å². The number of hydrogen-bond donors (Lipinski definition) is 0. The van der Waals surface area contributed by atoms with E-state index in [2.05, 4.69) is 14.7 Å². The lowest BCUT2D eigenvalue weighted by Crippen LogP contribution is -1.84. The highest BCUT2D eigenvalue weighted by molar-refractivity contribution is 5.77. The number of rotatable bonds is 2. The first kappa shape index (κ1) is 7.67. The molecule has 0 N–H and O–H groups in total. The Morgan fingerprint density at radius 2 is 2.31 bits per heavy atom. The Kier molecular flexibility index (Phi) is 1.88. The van der Waals surface area contributed by atoms with Crippen LogP contribution in [0.25, 0.3) is 11.3 Å². The van der Waals surface area contributed by atoms with Gasteiger partial charge in [0.1, 0.15) is 12.0 Å². The van der Waals surface area contributed by atoms with E-state index in [4.69, 9.17) is 0 Å². The molecule has 0 aliphatic carbocycles. The van der Waals surface area contributed by atoms with E-state index in [9.17, 15) is 4.79 Å². The molecule has 0 saturated carbocycles. The highest BCUT2D eigenvalue weighted by Crippen LogP contribution is 2.15. The van der Waals surface area contributed by atoms with Crippen LogP contribution in [0.5, 0.6) is 0 Å². The highest BCUT2D eigenvalue weighted by atomic mass is 16.5. The van der Waals surface area contributed by atoms with Crippen molar-refractivity contribution in [3.8, 4) is 11.3 Å². The van der Waals surface area contributed by atoms with Crippen molar-refractivity contribution < 1.29 is 9.32 Å². The molecule has 4 nitrogen and oxygen atoms in total. The molecule has 2 rings (SSSR count). The SMILES string of the molecule is O=Cc1cncc(-c2ccon2)c1. The first-order valence-electron chi connectivity index (χ1n) is 3.71. The Balaban J connectivity index is 2.47. The van der Waals surface area contributed by atoms with Gasteiger partial charge in [0.2, 0.25) is 0 Å². The van der Waals surface area contributed by atoms with Crippen LogP contribution in [0.3, 0.4) is 0 Å². The average molecular weight is 174 g/mol. The van der Waals surface area contributed by atoms with E-state index in [-0.39, 0.29) is 0 Å². The quantitative estimate of drug-likeness (QED) is 0.648. The summed E-state index contributed by atoms with van der Waals surface area (Å²) in [5.41, 5.74) is 1.98. The van der Waals surface area contributed by atoms with Gasteiger partial charge < -0.3 is 4.52 Å². The van der Waals surface area contributed by atoms with Crippen molar-refractivity contribution in [3.05, 3.63) is 36.4 Å². The summed E-state index contributed by atoms with van der Waals surface area (Å²) in [6.07, 6.45) is 5.35. The minimum atomic E-state index is 0.528. The van der Waals surface area contributed by atoms with Gasteiger partial charge in [-0.3, -0.25) is 9.78 Å². The van der Waals surface area contributed by atoms with Crippen LogP contribution in [0, 0.1) is 0 Å². The Morgan fingerprint density at radius 3 is 3.00 bits per heavy atom. The third-order valence-electron chi connectivity index (χ3n) is 1.63. The summed E-state index contributed by atoms with van der Waals surface area (Å²) < 4.78 is 4.68. The summed E-state index contributed by atoms with van der Waals surface area (Å²) in [5, 5.41) is 3.73. The van der Waals surface area contributed by atoms with Gasteiger partial charge in [0.05, 0.1) is 0 Å². The van der Waals surface area contributed by atoms with E-state index in [1.807, 2.05) is 0 Å². The molecule has 0 bridgehead atoms. The van der Waals surface area contributed by atoms with Crippen LogP contribution in [0.1, 0.15) is 10.4 Å². The van der Waals surface area contributed by atoms with E-state index < -0.39 is 0 Å². The second-order valence-corrected chi connectivity index (χ2v) is 2.51. The first-order valence-corrected chi connectivity index (χ1v) is 3.71. The van der Waals surface area contributed by atoms with Crippen molar-refractivity contribution in [2.24, 2.45) is 0 Å². The fraction of sp³-hybridized carbons (Fsp3) is 0. The molecule has 0 amide bonds. The van der Waals surface area contributed by atoms with Crippen LogP contribution in [-0.4, -0.2) is 16.4 Å². The van der Waals surface area contributed by atoms with E-state index >= 15 is 0 Å². The first-order chi connectivity index (χ1) is 6.40. The van der Waals surface area contributed by atoms with E-state index in [0.29, 0.717) is 11.3 Å². The van der Waals surface area contributed by atoms with Crippen LogP contribution in [0.4, 0.5) is 0 Å². The molecule has 0 fully saturated rings. The molecule has 0 aliphatic heterocycles. The molecule has 0 atom stereocenters. The lowest BCUT2D eigenvalue weighted by molar-refractivity contribution is 0.112. The second kappa shape index (κ2) is 3.18. The van der Waals surface area contributed by atoms with Gasteiger partial charge in [-0.05, 0) is 6.07 Å². The molecule has 0 aliphatic rings. The number of hydrogen-bond acceptors (Lipinski definition) is 4. The maximum atomic E-state index is 10.4. The number of carbonyl (C=O) groups excluding carboxylic acids is 1. The van der Waals surface area contributed by atoms with Gasteiger partial charge in [-0.2, -0.15) is 0 Å². The lowest BCUT2D eigenvalue weighted by atomic mass is 10.2. The van der Waals surface area contributed by atoms with Crippen molar-refractivity contribution in [1.29, 1.82) is 0 Å². The largest absolute Gasteiger partial charge is 0.364 e. The molecule has 0 aromatic carbocycles. The normalized spacial score (nSPS) is 9.85. The van der Waals surface area contributed by atoms with Crippen molar-refractivity contribution in [3.63, 3.8) is 0 Å². The summed E-state index contributed by atoms with van der Waals surface area (Å²) >= 11 is 0. The maximum Gasteiger partial charge on any atom is 0.151 e. The van der Waals surface area contributed by atoms with Crippen LogP contribution in [0.15, 0.2) is 35.3 Å². The molecule has 13 heavy (non-hydrogen) atoms. The third-order valence-corrected chi connectivity index (χ3v) is 1.63. The van der Waals surface area contributed by atoms with Crippen LogP contribution < -0.4 is 0 Å². The van der Waals surface area contributed by atoms with Crippen LogP contribution in [0.2, 0.25) is 0 Å². The Hall–Kier alpha value is -1.97. The van der Waals surface area contributed by atoms with Crippen molar-refractivity contribution in [2.75, 3.05) is 0 Å². The highest BCUT2D eigenvalue weighted by Gasteiger charge is 2.01. The number of pyridine rings is 1. The van der Waals surface area contributed by atoms with Crippen molar-refractivity contribution >= 4 is 6.29 Å². The molecule has 0 unspecified atom stereocenters. The summed E-state index contributed by atoms with van der Waals surface area (Å²) in [5.74, 6) is 0. The molecule has 0 spiro atoms. The predicted molar refractivity (Wildman–Crippen MR) is 45.1 cm³/mol. The third kappa shape index (κ3) is 1.46. The molecule has 2 aromatic rings. The van der Waals surface area contributed by atoms with E-state index in [1.165, 1.54) is 12.5 Å². The minimum absolute atomic E-state index is 0.528. The van der Waals surface area contributed by atoms with Crippen LogP contribution in [-0.2, 0) is 0 Å². The van der Waals surface area contributed by atoms with Gasteiger partial charge in [-0.1, -0.05) is 5.16 Å². The Bertz CT molecular complexity index is 409. The molecule has 2 heterocycles. The van der Waals surface area contributed by atoms with Crippen LogP contribution >= 0.6 is 0 Å².